The third kappa shape index (κ3) is 7.30. The number of carbonyl (C=O) groups excluding carboxylic acids is 3. The third-order valence-corrected chi connectivity index (χ3v) is 2.64. The van der Waals surface area contributed by atoms with E-state index in [-0.39, 0.29) is 6.42 Å². The highest BCUT2D eigenvalue weighted by Crippen LogP contribution is 2.11. The summed E-state index contributed by atoms with van der Waals surface area (Å²) in [7, 11) is 0. The first-order valence-electron chi connectivity index (χ1n) is 7.13. The van der Waals surface area contributed by atoms with Crippen molar-refractivity contribution in [3.63, 3.8) is 0 Å². The summed E-state index contributed by atoms with van der Waals surface area (Å²) in [4.78, 5) is 34.8. The van der Waals surface area contributed by atoms with Gasteiger partial charge < -0.3 is 20.5 Å². The summed E-state index contributed by atoms with van der Waals surface area (Å²) < 4.78 is 9.68. The third-order valence-electron chi connectivity index (χ3n) is 2.64. The molecule has 126 valence electrons. The Bertz CT molecular complexity index is 575. The first kappa shape index (κ1) is 18.5. The van der Waals surface area contributed by atoms with Gasteiger partial charge in [0.2, 0.25) is 0 Å². The van der Waals surface area contributed by atoms with E-state index in [0.717, 1.165) is 12.5 Å². The largest absolute Gasteiger partial charge is 0.444 e. The number of hydrogen-bond acceptors (Lipinski definition) is 6. The summed E-state index contributed by atoms with van der Waals surface area (Å²) in [6.45, 7) is 6.23. The van der Waals surface area contributed by atoms with Gasteiger partial charge in [-0.05, 0) is 38.5 Å². The maximum Gasteiger partial charge on any atom is 0.408 e. The Hall–Kier alpha value is -2.57. The lowest BCUT2D eigenvalue weighted by Gasteiger charge is -2.22. The van der Waals surface area contributed by atoms with Crippen LogP contribution in [-0.2, 0) is 25.5 Å². The molecule has 1 rings (SSSR count). The van der Waals surface area contributed by atoms with E-state index in [1.165, 1.54) is 0 Å². The van der Waals surface area contributed by atoms with Gasteiger partial charge in [-0.1, -0.05) is 12.1 Å². The van der Waals surface area contributed by atoms with Gasteiger partial charge in [-0.25, -0.2) is 9.59 Å². The average Bonchev–Trinajstić information content (AvgIpc) is 2.37. The summed E-state index contributed by atoms with van der Waals surface area (Å²) in [6.07, 6.45) is -0.621. The van der Waals surface area contributed by atoms with E-state index in [0.29, 0.717) is 5.69 Å². The van der Waals surface area contributed by atoms with Crippen molar-refractivity contribution in [2.24, 2.45) is 0 Å². The number of alkyl carbamates (subject to hydrolysis) is 1. The van der Waals surface area contributed by atoms with Crippen LogP contribution in [0.25, 0.3) is 0 Å². The molecule has 0 saturated heterocycles. The Labute approximate surface area is 135 Å². The number of nitrogens with two attached hydrogens (primary N) is 1. The monoisotopic (exact) mass is 322 g/mol. The van der Waals surface area contributed by atoms with Gasteiger partial charge >= 0.3 is 18.0 Å². The Kier molecular flexibility index (Phi) is 6.12. The van der Waals surface area contributed by atoms with Crippen LogP contribution in [0.4, 0.5) is 10.5 Å². The first-order valence-corrected chi connectivity index (χ1v) is 7.13. The van der Waals surface area contributed by atoms with E-state index in [1.54, 1.807) is 45.0 Å². The Morgan fingerprint density at radius 1 is 1.17 bits per heavy atom. The fraction of sp³-hybridized carbons (Fsp3) is 0.438. The maximum absolute atomic E-state index is 12.0. The average molecular weight is 322 g/mol. The van der Waals surface area contributed by atoms with Crippen molar-refractivity contribution in [2.45, 2.75) is 45.8 Å². The van der Waals surface area contributed by atoms with Crippen molar-refractivity contribution in [1.82, 2.24) is 5.32 Å². The van der Waals surface area contributed by atoms with Crippen molar-refractivity contribution in [1.29, 1.82) is 0 Å². The lowest BCUT2D eigenvalue weighted by Crippen LogP contribution is -2.45. The maximum atomic E-state index is 12.0. The van der Waals surface area contributed by atoms with E-state index in [4.69, 9.17) is 10.5 Å². The summed E-state index contributed by atoms with van der Waals surface area (Å²) in [5.74, 6) is -1.59. The Morgan fingerprint density at radius 2 is 1.74 bits per heavy atom. The molecule has 0 aliphatic heterocycles. The van der Waals surface area contributed by atoms with Gasteiger partial charge in [-0.3, -0.25) is 4.79 Å². The molecule has 1 amide bonds. The second-order valence-corrected chi connectivity index (χ2v) is 6.06. The van der Waals surface area contributed by atoms with Crippen molar-refractivity contribution < 1.29 is 23.9 Å². The summed E-state index contributed by atoms with van der Waals surface area (Å²) in [5, 5.41) is 2.42. The fourth-order valence-corrected chi connectivity index (χ4v) is 1.75. The standard InChI is InChI=1S/C16H22N2O5/c1-10(19)22-14(20)13(18-15(21)23-16(2,3)4)9-11-5-7-12(17)8-6-11/h5-8,13H,9,17H2,1-4H3,(H,18,21)/t13-/m0/s1. The molecule has 1 atom stereocenters. The summed E-state index contributed by atoms with van der Waals surface area (Å²) in [5.41, 5.74) is 6.23. The van der Waals surface area contributed by atoms with Crippen LogP contribution in [0.15, 0.2) is 24.3 Å². The molecule has 1 aromatic carbocycles. The molecular formula is C16H22N2O5. The molecule has 0 spiro atoms. The highest BCUT2D eigenvalue weighted by atomic mass is 16.6. The van der Waals surface area contributed by atoms with Crippen molar-refractivity contribution >= 4 is 23.7 Å². The van der Waals surface area contributed by atoms with Gasteiger partial charge in [0.15, 0.2) is 0 Å². The number of hydrogen-bond donors (Lipinski definition) is 2. The van der Waals surface area contributed by atoms with Gasteiger partial charge in [-0.2, -0.15) is 0 Å². The van der Waals surface area contributed by atoms with Crippen molar-refractivity contribution in [3.05, 3.63) is 29.8 Å². The van der Waals surface area contributed by atoms with Crippen LogP contribution in [-0.4, -0.2) is 29.7 Å². The van der Waals surface area contributed by atoms with Crippen LogP contribution in [0.3, 0.4) is 0 Å². The second kappa shape index (κ2) is 7.62. The topological polar surface area (TPSA) is 108 Å². The molecule has 1 aromatic rings. The second-order valence-electron chi connectivity index (χ2n) is 6.06. The van der Waals surface area contributed by atoms with Crippen molar-refractivity contribution in [3.8, 4) is 0 Å². The fourth-order valence-electron chi connectivity index (χ4n) is 1.75. The van der Waals surface area contributed by atoms with Crippen LogP contribution in [0.2, 0.25) is 0 Å². The lowest BCUT2D eigenvalue weighted by atomic mass is 10.1. The summed E-state index contributed by atoms with van der Waals surface area (Å²) >= 11 is 0. The van der Waals surface area contributed by atoms with Crippen LogP contribution in [0.1, 0.15) is 33.3 Å². The molecule has 7 nitrogen and oxygen atoms in total. The normalized spacial score (nSPS) is 12.2. The van der Waals surface area contributed by atoms with Gasteiger partial charge in [0.1, 0.15) is 11.6 Å². The van der Waals surface area contributed by atoms with E-state index in [9.17, 15) is 14.4 Å². The molecular weight excluding hydrogens is 300 g/mol. The number of nitrogens with one attached hydrogen (secondary N) is 1. The van der Waals surface area contributed by atoms with Crippen LogP contribution < -0.4 is 11.1 Å². The molecule has 23 heavy (non-hydrogen) atoms. The SMILES string of the molecule is CC(=O)OC(=O)[C@H](Cc1ccc(N)cc1)NC(=O)OC(C)(C)C. The first-order chi connectivity index (χ1) is 10.6. The lowest BCUT2D eigenvalue weighted by molar-refractivity contribution is -0.159. The van der Waals surface area contributed by atoms with Crippen LogP contribution in [0, 0.1) is 0 Å². The highest BCUT2D eigenvalue weighted by Gasteiger charge is 2.26. The minimum Gasteiger partial charge on any atom is -0.444 e. The Balaban J connectivity index is 2.84. The molecule has 7 heteroatoms. The zero-order chi connectivity index (χ0) is 17.6. The van der Waals surface area contributed by atoms with E-state index in [2.05, 4.69) is 10.1 Å². The Morgan fingerprint density at radius 3 is 2.22 bits per heavy atom. The zero-order valence-corrected chi connectivity index (χ0v) is 13.7. The van der Waals surface area contributed by atoms with Crippen molar-refractivity contribution in [2.75, 3.05) is 5.73 Å². The van der Waals surface area contributed by atoms with Crippen LogP contribution in [0.5, 0.6) is 0 Å². The van der Waals surface area contributed by atoms with E-state index in [1.807, 2.05) is 0 Å². The molecule has 0 aliphatic rings. The predicted octanol–water partition coefficient (Wildman–Crippen LogP) is 1.79. The molecule has 0 heterocycles. The molecule has 0 unspecified atom stereocenters. The smallest absolute Gasteiger partial charge is 0.408 e. The van der Waals surface area contributed by atoms with E-state index >= 15 is 0 Å². The number of anilines is 1. The molecule has 0 saturated carbocycles. The highest BCUT2D eigenvalue weighted by molar-refractivity contribution is 5.89. The number of esters is 2. The molecule has 3 N–H and O–H groups in total. The molecule has 0 aliphatic carbocycles. The number of benzene rings is 1. The minimum absolute atomic E-state index is 0.144. The number of rotatable bonds is 4. The molecule has 0 radical (unpaired) electrons. The molecule has 0 bridgehead atoms. The summed E-state index contributed by atoms with van der Waals surface area (Å²) in [6, 6.07) is 5.75. The van der Waals surface area contributed by atoms with Gasteiger partial charge in [0.25, 0.3) is 0 Å². The molecule has 0 fully saturated rings. The molecule has 0 aromatic heterocycles. The zero-order valence-electron chi connectivity index (χ0n) is 13.7. The minimum atomic E-state index is -1.04. The van der Waals surface area contributed by atoms with Gasteiger partial charge in [0.05, 0.1) is 0 Å². The van der Waals surface area contributed by atoms with Gasteiger partial charge in [-0.15, -0.1) is 0 Å². The quantitative estimate of drug-likeness (QED) is 0.497. The number of nitrogen functional groups attached to an aromatic ring is 1. The number of carbonyl (C=O) groups is 3. The van der Waals surface area contributed by atoms with E-state index < -0.39 is 29.7 Å². The van der Waals surface area contributed by atoms with Crippen LogP contribution >= 0.6 is 0 Å². The number of amides is 1. The number of ether oxygens (including phenoxy) is 2. The predicted molar refractivity (Wildman–Crippen MR) is 84.5 cm³/mol. The van der Waals surface area contributed by atoms with Gasteiger partial charge in [0, 0.05) is 19.0 Å².